The van der Waals surface area contributed by atoms with Crippen LogP contribution in [0.4, 0.5) is 11.4 Å². The second-order valence-electron chi connectivity index (χ2n) is 3.50. The van der Waals surface area contributed by atoms with E-state index < -0.39 is 0 Å². The summed E-state index contributed by atoms with van der Waals surface area (Å²) in [5.41, 5.74) is 16.0. The van der Waals surface area contributed by atoms with Crippen LogP contribution in [0, 0.1) is 6.92 Å². The number of aromatic nitrogens is 1. The molecule has 0 radical (unpaired) electrons. The van der Waals surface area contributed by atoms with Crippen LogP contribution in [-0.2, 0) is 0 Å². The molecule has 0 saturated carbocycles. The number of aryl methyl sites for hydroxylation is 1. The van der Waals surface area contributed by atoms with E-state index in [0.717, 1.165) is 16.7 Å². The van der Waals surface area contributed by atoms with Crippen molar-refractivity contribution in [2.45, 2.75) is 6.92 Å². The van der Waals surface area contributed by atoms with Gasteiger partial charge in [-0.15, -0.1) is 0 Å². The molecule has 0 bridgehead atoms. The van der Waals surface area contributed by atoms with Crippen LogP contribution >= 0.6 is 0 Å². The van der Waals surface area contributed by atoms with E-state index in [1.807, 2.05) is 31.2 Å². The standard InChI is InChI=1S/C12H13N3/c1-8-4-5-10(12(14)11(8)13)9-3-2-6-15-7-9/h2-7H,13-14H2,1H3. The zero-order valence-electron chi connectivity index (χ0n) is 8.57. The van der Waals surface area contributed by atoms with Crippen LogP contribution in [-0.4, -0.2) is 4.98 Å². The molecule has 0 unspecified atom stereocenters. The van der Waals surface area contributed by atoms with Crippen molar-refractivity contribution in [3.05, 3.63) is 42.2 Å². The minimum absolute atomic E-state index is 0.628. The number of rotatable bonds is 1. The lowest BCUT2D eigenvalue weighted by atomic mass is 10.0. The summed E-state index contributed by atoms with van der Waals surface area (Å²) in [6, 6.07) is 7.78. The van der Waals surface area contributed by atoms with Crippen LogP contribution in [0.5, 0.6) is 0 Å². The summed E-state index contributed by atoms with van der Waals surface area (Å²) in [6.07, 6.45) is 3.51. The molecule has 15 heavy (non-hydrogen) atoms. The molecule has 4 N–H and O–H groups in total. The van der Waals surface area contributed by atoms with Crippen molar-refractivity contribution in [1.82, 2.24) is 4.98 Å². The van der Waals surface area contributed by atoms with Crippen molar-refractivity contribution < 1.29 is 0 Å². The normalized spacial score (nSPS) is 10.2. The van der Waals surface area contributed by atoms with Gasteiger partial charge in [0.25, 0.3) is 0 Å². The highest BCUT2D eigenvalue weighted by Gasteiger charge is 2.06. The fourth-order valence-corrected chi connectivity index (χ4v) is 1.52. The number of hydrogen-bond donors (Lipinski definition) is 2. The maximum absolute atomic E-state index is 5.96. The van der Waals surface area contributed by atoms with Gasteiger partial charge in [0.1, 0.15) is 0 Å². The van der Waals surface area contributed by atoms with Gasteiger partial charge in [-0.25, -0.2) is 0 Å². The van der Waals surface area contributed by atoms with Crippen molar-refractivity contribution in [1.29, 1.82) is 0 Å². The molecule has 0 saturated heterocycles. The first-order valence-corrected chi connectivity index (χ1v) is 4.75. The zero-order valence-corrected chi connectivity index (χ0v) is 8.57. The highest BCUT2D eigenvalue weighted by Crippen LogP contribution is 2.31. The largest absolute Gasteiger partial charge is 0.397 e. The van der Waals surface area contributed by atoms with Crippen molar-refractivity contribution in [2.75, 3.05) is 11.5 Å². The number of nitrogens with zero attached hydrogens (tertiary/aromatic N) is 1. The van der Waals surface area contributed by atoms with Crippen LogP contribution in [0.1, 0.15) is 5.56 Å². The minimum atomic E-state index is 0.628. The SMILES string of the molecule is Cc1ccc(-c2cccnc2)c(N)c1N. The second kappa shape index (κ2) is 3.61. The molecule has 1 aromatic carbocycles. The van der Waals surface area contributed by atoms with E-state index >= 15 is 0 Å². The molecule has 3 heteroatoms. The molecule has 0 aliphatic heterocycles. The molecule has 0 spiro atoms. The van der Waals surface area contributed by atoms with Crippen LogP contribution in [0.25, 0.3) is 11.1 Å². The Labute approximate surface area is 88.8 Å². The summed E-state index contributed by atoms with van der Waals surface area (Å²) in [5.74, 6) is 0. The van der Waals surface area contributed by atoms with Gasteiger partial charge in [-0.2, -0.15) is 0 Å². The van der Waals surface area contributed by atoms with Gasteiger partial charge in [0.05, 0.1) is 11.4 Å². The van der Waals surface area contributed by atoms with Crippen LogP contribution in [0.15, 0.2) is 36.7 Å². The highest BCUT2D eigenvalue weighted by atomic mass is 14.7. The Hall–Kier alpha value is -2.03. The third-order valence-corrected chi connectivity index (χ3v) is 2.48. The molecular formula is C12H13N3. The molecule has 0 amide bonds. The van der Waals surface area contributed by atoms with E-state index in [4.69, 9.17) is 11.5 Å². The first-order valence-electron chi connectivity index (χ1n) is 4.75. The number of pyridine rings is 1. The fraction of sp³-hybridized carbons (Fsp3) is 0.0833. The van der Waals surface area contributed by atoms with E-state index in [9.17, 15) is 0 Å². The fourth-order valence-electron chi connectivity index (χ4n) is 1.52. The minimum Gasteiger partial charge on any atom is -0.397 e. The van der Waals surface area contributed by atoms with E-state index in [0.29, 0.717) is 11.4 Å². The Kier molecular flexibility index (Phi) is 2.29. The molecular weight excluding hydrogens is 186 g/mol. The Morgan fingerprint density at radius 3 is 2.53 bits per heavy atom. The number of anilines is 2. The summed E-state index contributed by atoms with van der Waals surface area (Å²) in [5, 5.41) is 0. The van der Waals surface area contributed by atoms with Crippen molar-refractivity contribution in [3.63, 3.8) is 0 Å². The Morgan fingerprint density at radius 2 is 1.87 bits per heavy atom. The molecule has 0 aliphatic carbocycles. The van der Waals surface area contributed by atoms with Crippen LogP contribution < -0.4 is 11.5 Å². The Morgan fingerprint density at radius 1 is 1.07 bits per heavy atom. The summed E-state index contributed by atoms with van der Waals surface area (Å²) in [7, 11) is 0. The molecule has 3 nitrogen and oxygen atoms in total. The Balaban J connectivity index is 2.60. The third kappa shape index (κ3) is 1.64. The number of nitrogen functional groups attached to an aromatic ring is 2. The summed E-state index contributed by atoms with van der Waals surface area (Å²) < 4.78 is 0. The monoisotopic (exact) mass is 199 g/mol. The summed E-state index contributed by atoms with van der Waals surface area (Å²) in [6.45, 7) is 1.94. The van der Waals surface area contributed by atoms with E-state index in [2.05, 4.69) is 4.98 Å². The zero-order chi connectivity index (χ0) is 10.8. The van der Waals surface area contributed by atoms with E-state index in [1.165, 1.54) is 0 Å². The average Bonchev–Trinajstić information content (AvgIpc) is 2.27. The predicted molar refractivity (Wildman–Crippen MR) is 63.2 cm³/mol. The maximum Gasteiger partial charge on any atom is 0.0630 e. The molecule has 1 heterocycles. The van der Waals surface area contributed by atoms with Gasteiger partial charge in [0.15, 0.2) is 0 Å². The molecule has 0 atom stereocenters. The number of hydrogen-bond acceptors (Lipinski definition) is 3. The summed E-state index contributed by atoms with van der Waals surface area (Å²) >= 11 is 0. The smallest absolute Gasteiger partial charge is 0.0630 e. The topological polar surface area (TPSA) is 64.9 Å². The van der Waals surface area contributed by atoms with Crippen molar-refractivity contribution in [2.24, 2.45) is 0 Å². The van der Waals surface area contributed by atoms with E-state index in [1.54, 1.807) is 12.4 Å². The first-order chi connectivity index (χ1) is 7.20. The molecule has 2 rings (SSSR count). The van der Waals surface area contributed by atoms with Gasteiger partial charge in [0.2, 0.25) is 0 Å². The highest BCUT2D eigenvalue weighted by molar-refractivity contribution is 5.85. The number of benzene rings is 1. The summed E-state index contributed by atoms with van der Waals surface area (Å²) in [4.78, 5) is 4.06. The molecule has 0 aliphatic rings. The van der Waals surface area contributed by atoms with Gasteiger partial charge in [-0.05, 0) is 18.6 Å². The molecule has 76 valence electrons. The van der Waals surface area contributed by atoms with Gasteiger partial charge in [0, 0.05) is 23.5 Å². The van der Waals surface area contributed by atoms with Crippen molar-refractivity contribution >= 4 is 11.4 Å². The van der Waals surface area contributed by atoms with E-state index in [-0.39, 0.29) is 0 Å². The Bertz CT molecular complexity index is 478. The third-order valence-electron chi connectivity index (χ3n) is 2.48. The van der Waals surface area contributed by atoms with Gasteiger partial charge < -0.3 is 11.5 Å². The lowest BCUT2D eigenvalue weighted by Crippen LogP contribution is -1.99. The van der Waals surface area contributed by atoms with Crippen LogP contribution in [0.3, 0.4) is 0 Å². The van der Waals surface area contributed by atoms with Crippen molar-refractivity contribution in [3.8, 4) is 11.1 Å². The van der Waals surface area contributed by atoms with Gasteiger partial charge in [-0.1, -0.05) is 18.2 Å². The predicted octanol–water partition coefficient (Wildman–Crippen LogP) is 2.22. The molecule has 0 fully saturated rings. The van der Waals surface area contributed by atoms with Gasteiger partial charge >= 0.3 is 0 Å². The maximum atomic E-state index is 5.96. The van der Waals surface area contributed by atoms with Gasteiger partial charge in [-0.3, -0.25) is 4.98 Å². The number of nitrogens with two attached hydrogens (primary N) is 2. The second-order valence-corrected chi connectivity index (χ2v) is 3.50. The lowest BCUT2D eigenvalue weighted by Gasteiger charge is -2.10. The quantitative estimate of drug-likeness (QED) is 0.692. The molecule has 1 aromatic heterocycles. The molecule has 2 aromatic rings. The lowest BCUT2D eigenvalue weighted by molar-refractivity contribution is 1.33. The first kappa shape index (κ1) is 9.52. The van der Waals surface area contributed by atoms with Crippen LogP contribution in [0.2, 0.25) is 0 Å². The average molecular weight is 199 g/mol.